The van der Waals surface area contributed by atoms with Crippen LogP contribution in [0.5, 0.6) is 5.75 Å². The standard InChI is InChI=1S/C19H17ClN2O4S2/c1-26-16-5-2-14(3-6-16)22-28(24,25)18-11-15(4-7-17(18)20)21-19(23)10-13-8-9-27-12-13/h2-9,11-12,22H,10H2,1H3,(H,21,23). The molecule has 0 radical (unpaired) electrons. The van der Waals surface area contributed by atoms with Crippen molar-refractivity contribution in [3.8, 4) is 5.75 Å². The molecular weight excluding hydrogens is 420 g/mol. The molecular formula is C19H17ClN2O4S2. The van der Waals surface area contributed by atoms with Crippen LogP contribution in [0.1, 0.15) is 5.56 Å². The summed E-state index contributed by atoms with van der Waals surface area (Å²) < 4.78 is 33.0. The summed E-state index contributed by atoms with van der Waals surface area (Å²) in [5, 5.41) is 6.52. The number of hydrogen-bond acceptors (Lipinski definition) is 5. The van der Waals surface area contributed by atoms with Crippen LogP contribution in [0, 0.1) is 0 Å². The predicted octanol–water partition coefficient (Wildman–Crippen LogP) is 4.39. The monoisotopic (exact) mass is 436 g/mol. The number of ether oxygens (including phenoxy) is 1. The molecule has 1 aromatic heterocycles. The van der Waals surface area contributed by atoms with Crippen LogP contribution in [0.15, 0.2) is 64.2 Å². The largest absolute Gasteiger partial charge is 0.497 e. The summed E-state index contributed by atoms with van der Waals surface area (Å²) in [6.45, 7) is 0. The Morgan fingerprint density at radius 1 is 1.11 bits per heavy atom. The zero-order valence-electron chi connectivity index (χ0n) is 14.8. The molecule has 9 heteroatoms. The van der Waals surface area contributed by atoms with E-state index in [1.54, 1.807) is 30.3 Å². The maximum absolute atomic E-state index is 12.7. The highest BCUT2D eigenvalue weighted by molar-refractivity contribution is 7.92. The third-order valence-electron chi connectivity index (χ3n) is 3.79. The van der Waals surface area contributed by atoms with E-state index in [4.69, 9.17) is 16.3 Å². The summed E-state index contributed by atoms with van der Waals surface area (Å²) in [5.41, 5.74) is 1.61. The Bertz CT molecular complexity index is 1070. The summed E-state index contributed by atoms with van der Waals surface area (Å²) in [6.07, 6.45) is 0.207. The highest BCUT2D eigenvalue weighted by atomic mass is 35.5. The molecule has 0 spiro atoms. The number of sulfonamides is 1. The number of benzene rings is 2. The normalized spacial score (nSPS) is 11.1. The van der Waals surface area contributed by atoms with E-state index < -0.39 is 10.0 Å². The molecule has 2 aromatic carbocycles. The average molecular weight is 437 g/mol. The van der Waals surface area contributed by atoms with Crippen LogP contribution >= 0.6 is 22.9 Å². The quantitative estimate of drug-likeness (QED) is 0.575. The minimum atomic E-state index is -3.94. The molecule has 1 amide bonds. The lowest BCUT2D eigenvalue weighted by Gasteiger charge is -2.12. The first kappa shape index (κ1) is 20.2. The number of rotatable bonds is 7. The van der Waals surface area contributed by atoms with E-state index in [0.29, 0.717) is 17.1 Å². The second kappa shape index (κ2) is 8.64. The Morgan fingerprint density at radius 2 is 1.82 bits per heavy atom. The molecule has 0 saturated heterocycles. The van der Waals surface area contributed by atoms with Crippen molar-refractivity contribution in [2.75, 3.05) is 17.1 Å². The third-order valence-corrected chi connectivity index (χ3v) is 6.39. The molecule has 1 heterocycles. The number of carbonyl (C=O) groups excluding carboxylic acids is 1. The fraction of sp³-hybridized carbons (Fsp3) is 0.105. The van der Waals surface area contributed by atoms with Crippen LogP contribution in [0.2, 0.25) is 5.02 Å². The fourth-order valence-corrected chi connectivity index (χ4v) is 4.69. The maximum Gasteiger partial charge on any atom is 0.263 e. The summed E-state index contributed by atoms with van der Waals surface area (Å²) in [4.78, 5) is 12.0. The molecule has 146 valence electrons. The van der Waals surface area contributed by atoms with Gasteiger partial charge in [-0.2, -0.15) is 11.3 Å². The minimum absolute atomic E-state index is 0.0526. The zero-order chi connectivity index (χ0) is 20.1. The lowest BCUT2D eigenvalue weighted by molar-refractivity contribution is -0.115. The van der Waals surface area contributed by atoms with Gasteiger partial charge in [0.1, 0.15) is 10.6 Å². The van der Waals surface area contributed by atoms with Crippen molar-refractivity contribution in [2.45, 2.75) is 11.3 Å². The van der Waals surface area contributed by atoms with Gasteiger partial charge in [0.2, 0.25) is 5.91 Å². The second-order valence-corrected chi connectivity index (χ2v) is 8.67. The van der Waals surface area contributed by atoms with E-state index in [1.165, 1.54) is 30.6 Å². The van der Waals surface area contributed by atoms with Crippen LogP contribution < -0.4 is 14.8 Å². The number of methoxy groups -OCH3 is 1. The van der Waals surface area contributed by atoms with Gasteiger partial charge < -0.3 is 10.1 Å². The highest BCUT2D eigenvalue weighted by Crippen LogP contribution is 2.27. The molecule has 0 aliphatic heterocycles. The molecule has 3 rings (SSSR count). The van der Waals surface area contributed by atoms with Crippen molar-refractivity contribution in [3.05, 3.63) is 69.9 Å². The first-order valence-electron chi connectivity index (χ1n) is 8.15. The van der Waals surface area contributed by atoms with Gasteiger partial charge in [-0.15, -0.1) is 0 Å². The van der Waals surface area contributed by atoms with Crippen molar-refractivity contribution in [3.63, 3.8) is 0 Å². The molecule has 0 unspecified atom stereocenters. The number of hydrogen-bond donors (Lipinski definition) is 2. The molecule has 0 atom stereocenters. The number of thiophene rings is 1. The number of carbonyl (C=O) groups is 1. The average Bonchev–Trinajstić information content (AvgIpc) is 3.16. The van der Waals surface area contributed by atoms with E-state index in [2.05, 4.69) is 10.0 Å². The van der Waals surface area contributed by atoms with Gasteiger partial charge in [-0.3, -0.25) is 9.52 Å². The molecule has 6 nitrogen and oxygen atoms in total. The fourth-order valence-electron chi connectivity index (χ4n) is 2.44. The molecule has 0 aliphatic rings. The van der Waals surface area contributed by atoms with Crippen LogP contribution in [0.25, 0.3) is 0 Å². The Hall–Kier alpha value is -2.55. The molecule has 0 fully saturated rings. The second-order valence-electron chi connectivity index (χ2n) is 5.84. The van der Waals surface area contributed by atoms with E-state index in [1.807, 2.05) is 16.8 Å². The third kappa shape index (κ3) is 5.03. The van der Waals surface area contributed by atoms with Crippen LogP contribution in [-0.2, 0) is 21.2 Å². The zero-order valence-corrected chi connectivity index (χ0v) is 17.2. The van der Waals surface area contributed by atoms with Gasteiger partial charge in [-0.05, 0) is 64.9 Å². The van der Waals surface area contributed by atoms with Gasteiger partial charge in [0.05, 0.1) is 18.6 Å². The molecule has 0 saturated carbocycles. The Morgan fingerprint density at radius 3 is 2.46 bits per heavy atom. The van der Waals surface area contributed by atoms with Gasteiger partial charge in [0.15, 0.2) is 0 Å². The Labute approximate surface area is 172 Å². The predicted molar refractivity (Wildman–Crippen MR) is 112 cm³/mol. The molecule has 0 aliphatic carbocycles. The van der Waals surface area contributed by atoms with Crippen LogP contribution in [0.4, 0.5) is 11.4 Å². The molecule has 3 aromatic rings. The van der Waals surface area contributed by atoms with Gasteiger partial charge in [-0.25, -0.2) is 8.42 Å². The van der Waals surface area contributed by atoms with Crippen molar-refractivity contribution in [1.29, 1.82) is 0 Å². The summed E-state index contributed by atoms with van der Waals surface area (Å²) >= 11 is 7.60. The van der Waals surface area contributed by atoms with Crippen molar-refractivity contribution >= 4 is 50.2 Å². The van der Waals surface area contributed by atoms with E-state index in [9.17, 15) is 13.2 Å². The first-order chi connectivity index (χ1) is 13.4. The number of nitrogens with one attached hydrogen (secondary N) is 2. The lowest BCUT2D eigenvalue weighted by Crippen LogP contribution is -2.16. The first-order valence-corrected chi connectivity index (χ1v) is 10.9. The lowest BCUT2D eigenvalue weighted by atomic mass is 10.2. The summed E-state index contributed by atoms with van der Waals surface area (Å²) in [6, 6.07) is 12.6. The van der Waals surface area contributed by atoms with Crippen molar-refractivity contribution in [2.24, 2.45) is 0 Å². The molecule has 2 N–H and O–H groups in total. The highest BCUT2D eigenvalue weighted by Gasteiger charge is 2.19. The van der Waals surface area contributed by atoms with Crippen LogP contribution in [0.3, 0.4) is 0 Å². The smallest absolute Gasteiger partial charge is 0.263 e. The van der Waals surface area contributed by atoms with Crippen molar-refractivity contribution in [1.82, 2.24) is 0 Å². The molecule has 28 heavy (non-hydrogen) atoms. The van der Waals surface area contributed by atoms with Crippen LogP contribution in [-0.4, -0.2) is 21.4 Å². The summed E-state index contributed by atoms with van der Waals surface area (Å²) in [7, 11) is -2.42. The number of amides is 1. The number of halogens is 1. The topological polar surface area (TPSA) is 84.5 Å². The molecule has 0 bridgehead atoms. The Balaban J connectivity index is 1.78. The van der Waals surface area contributed by atoms with Gasteiger partial charge in [0, 0.05) is 11.4 Å². The minimum Gasteiger partial charge on any atom is -0.497 e. The Kier molecular flexibility index (Phi) is 6.23. The maximum atomic E-state index is 12.7. The number of anilines is 2. The van der Waals surface area contributed by atoms with Gasteiger partial charge in [-0.1, -0.05) is 11.6 Å². The van der Waals surface area contributed by atoms with Gasteiger partial charge in [0.25, 0.3) is 10.0 Å². The van der Waals surface area contributed by atoms with E-state index in [0.717, 1.165) is 5.56 Å². The SMILES string of the molecule is COc1ccc(NS(=O)(=O)c2cc(NC(=O)Cc3ccsc3)ccc2Cl)cc1. The van der Waals surface area contributed by atoms with E-state index >= 15 is 0 Å². The van der Waals surface area contributed by atoms with E-state index in [-0.39, 0.29) is 22.2 Å². The summed E-state index contributed by atoms with van der Waals surface area (Å²) in [5.74, 6) is 0.364. The van der Waals surface area contributed by atoms with Crippen molar-refractivity contribution < 1.29 is 17.9 Å². The van der Waals surface area contributed by atoms with Gasteiger partial charge >= 0.3 is 0 Å².